The van der Waals surface area contributed by atoms with Crippen LogP contribution in [-0.4, -0.2) is 30.6 Å². The molecular formula is C19H28N2. The van der Waals surface area contributed by atoms with Gasteiger partial charge in [-0.1, -0.05) is 37.3 Å². The lowest BCUT2D eigenvalue weighted by molar-refractivity contribution is -0.188. The van der Waals surface area contributed by atoms with Crippen LogP contribution in [0.2, 0.25) is 0 Å². The molecule has 5 rings (SSSR count). The molecule has 3 saturated carbocycles. The van der Waals surface area contributed by atoms with Gasteiger partial charge in [0, 0.05) is 25.7 Å². The summed E-state index contributed by atoms with van der Waals surface area (Å²) in [6.45, 7) is 7.32. The van der Waals surface area contributed by atoms with Crippen LogP contribution < -0.4 is 5.32 Å². The summed E-state index contributed by atoms with van der Waals surface area (Å²) in [5, 5.41) is 3.89. The average molecular weight is 284 g/mol. The van der Waals surface area contributed by atoms with Crippen LogP contribution in [0.5, 0.6) is 0 Å². The topological polar surface area (TPSA) is 15.3 Å². The van der Waals surface area contributed by atoms with E-state index in [0.29, 0.717) is 11.5 Å². The van der Waals surface area contributed by atoms with Gasteiger partial charge in [-0.3, -0.25) is 4.90 Å². The van der Waals surface area contributed by atoms with Crippen LogP contribution in [-0.2, 0) is 6.54 Å². The van der Waals surface area contributed by atoms with Crippen LogP contribution in [0, 0.1) is 10.8 Å². The van der Waals surface area contributed by atoms with Crippen molar-refractivity contribution < 1.29 is 0 Å². The monoisotopic (exact) mass is 284 g/mol. The van der Waals surface area contributed by atoms with Gasteiger partial charge >= 0.3 is 0 Å². The smallest absolute Gasteiger partial charge is 0.0234 e. The molecule has 1 saturated heterocycles. The Morgan fingerprint density at radius 2 is 1.95 bits per heavy atom. The minimum atomic E-state index is 0.705. The maximum atomic E-state index is 3.89. The third-order valence-corrected chi connectivity index (χ3v) is 5.93. The summed E-state index contributed by atoms with van der Waals surface area (Å²) < 4.78 is 0. The second-order valence-corrected chi connectivity index (χ2v) is 8.28. The summed E-state index contributed by atoms with van der Waals surface area (Å²) in [7, 11) is 0. The number of nitrogens with zero attached hydrogens (tertiary/aromatic N) is 1. The Morgan fingerprint density at radius 3 is 2.67 bits per heavy atom. The van der Waals surface area contributed by atoms with E-state index < -0.39 is 0 Å². The summed E-state index contributed by atoms with van der Waals surface area (Å²) >= 11 is 0. The molecule has 1 heterocycles. The molecule has 2 bridgehead atoms. The minimum absolute atomic E-state index is 0.705. The SMILES string of the molecule is CC12CC(CNC3CCCN(Cc4ccccc4)C3)(C1)C2. The fourth-order valence-electron chi connectivity index (χ4n) is 5.32. The zero-order valence-electron chi connectivity index (χ0n) is 13.3. The van der Waals surface area contributed by atoms with Crippen molar-refractivity contribution >= 4 is 0 Å². The molecule has 0 amide bonds. The maximum Gasteiger partial charge on any atom is 0.0234 e. The van der Waals surface area contributed by atoms with Crippen molar-refractivity contribution in [2.24, 2.45) is 10.8 Å². The van der Waals surface area contributed by atoms with Crippen molar-refractivity contribution in [2.75, 3.05) is 19.6 Å². The summed E-state index contributed by atoms with van der Waals surface area (Å²) in [6.07, 6.45) is 7.14. The minimum Gasteiger partial charge on any atom is -0.312 e. The van der Waals surface area contributed by atoms with E-state index in [1.165, 1.54) is 57.3 Å². The summed E-state index contributed by atoms with van der Waals surface area (Å²) in [6, 6.07) is 11.6. The molecule has 1 aromatic carbocycles. The Balaban J connectivity index is 1.25. The third-order valence-electron chi connectivity index (χ3n) is 5.93. The molecule has 1 unspecified atom stereocenters. The van der Waals surface area contributed by atoms with Crippen molar-refractivity contribution in [1.29, 1.82) is 0 Å². The van der Waals surface area contributed by atoms with Gasteiger partial charge in [0.2, 0.25) is 0 Å². The lowest BCUT2D eigenvalue weighted by Crippen LogP contribution is -2.64. The average Bonchev–Trinajstić information content (AvgIpc) is 2.43. The number of piperidine rings is 1. The molecule has 114 valence electrons. The lowest BCUT2D eigenvalue weighted by Gasteiger charge is -2.70. The van der Waals surface area contributed by atoms with Gasteiger partial charge in [0.05, 0.1) is 0 Å². The molecule has 21 heavy (non-hydrogen) atoms. The van der Waals surface area contributed by atoms with Gasteiger partial charge in [0.1, 0.15) is 0 Å². The van der Waals surface area contributed by atoms with E-state index in [-0.39, 0.29) is 0 Å². The van der Waals surface area contributed by atoms with Gasteiger partial charge in [-0.15, -0.1) is 0 Å². The maximum absolute atomic E-state index is 3.89. The molecule has 0 radical (unpaired) electrons. The fourth-order valence-corrected chi connectivity index (χ4v) is 5.32. The number of rotatable bonds is 5. The highest BCUT2D eigenvalue weighted by Crippen LogP contribution is 2.72. The predicted octanol–water partition coefficient (Wildman–Crippen LogP) is 3.43. The number of benzene rings is 1. The number of likely N-dealkylation sites (tertiary alicyclic amines) is 1. The highest BCUT2D eigenvalue weighted by Gasteiger charge is 2.64. The zero-order chi connectivity index (χ0) is 14.3. The van der Waals surface area contributed by atoms with Crippen LogP contribution in [0.1, 0.15) is 44.6 Å². The summed E-state index contributed by atoms with van der Waals surface area (Å²) in [5.74, 6) is 0. The van der Waals surface area contributed by atoms with Crippen LogP contribution in [0.25, 0.3) is 0 Å². The third kappa shape index (κ3) is 2.76. The van der Waals surface area contributed by atoms with Gasteiger partial charge in [0.15, 0.2) is 0 Å². The molecule has 2 heteroatoms. The molecule has 4 fully saturated rings. The van der Waals surface area contributed by atoms with Crippen molar-refractivity contribution in [3.63, 3.8) is 0 Å². The van der Waals surface area contributed by atoms with Crippen LogP contribution in [0.4, 0.5) is 0 Å². The van der Waals surface area contributed by atoms with Gasteiger partial charge < -0.3 is 5.32 Å². The number of nitrogens with one attached hydrogen (secondary N) is 1. The first-order valence-corrected chi connectivity index (χ1v) is 8.65. The highest BCUT2D eigenvalue weighted by molar-refractivity contribution is 5.16. The van der Waals surface area contributed by atoms with Crippen molar-refractivity contribution in [3.8, 4) is 0 Å². The molecule has 1 atom stereocenters. The zero-order valence-corrected chi connectivity index (χ0v) is 13.3. The largest absolute Gasteiger partial charge is 0.312 e. The van der Waals surface area contributed by atoms with Crippen LogP contribution in [0.15, 0.2) is 30.3 Å². The van der Waals surface area contributed by atoms with Gasteiger partial charge in [-0.05, 0) is 55.0 Å². The Bertz CT molecular complexity index is 476. The molecule has 0 aromatic heterocycles. The Kier molecular flexibility index (Phi) is 3.35. The fraction of sp³-hybridized carbons (Fsp3) is 0.684. The summed E-state index contributed by atoms with van der Waals surface area (Å²) in [4.78, 5) is 2.62. The van der Waals surface area contributed by atoms with E-state index >= 15 is 0 Å². The first-order valence-electron chi connectivity index (χ1n) is 8.65. The number of hydrogen-bond donors (Lipinski definition) is 1. The van der Waals surface area contributed by atoms with Gasteiger partial charge in [-0.25, -0.2) is 0 Å². The molecule has 4 aliphatic rings. The van der Waals surface area contributed by atoms with Crippen LogP contribution >= 0.6 is 0 Å². The van der Waals surface area contributed by atoms with E-state index in [2.05, 4.69) is 47.5 Å². The van der Waals surface area contributed by atoms with Crippen molar-refractivity contribution in [3.05, 3.63) is 35.9 Å². The molecule has 1 N–H and O–H groups in total. The second-order valence-electron chi connectivity index (χ2n) is 8.28. The first kappa shape index (κ1) is 13.8. The first-order chi connectivity index (χ1) is 10.1. The quantitative estimate of drug-likeness (QED) is 0.891. The van der Waals surface area contributed by atoms with Crippen LogP contribution in [0.3, 0.4) is 0 Å². The van der Waals surface area contributed by atoms with Crippen molar-refractivity contribution in [1.82, 2.24) is 10.2 Å². The van der Waals surface area contributed by atoms with Crippen molar-refractivity contribution in [2.45, 2.75) is 51.6 Å². The van der Waals surface area contributed by atoms with Gasteiger partial charge in [-0.2, -0.15) is 0 Å². The van der Waals surface area contributed by atoms with E-state index in [4.69, 9.17) is 0 Å². The Hall–Kier alpha value is -0.860. The normalized spacial score (nSPS) is 38.6. The number of hydrogen-bond acceptors (Lipinski definition) is 2. The summed E-state index contributed by atoms with van der Waals surface area (Å²) in [5.41, 5.74) is 2.90. The molecule has 0 spiro atoms. The predicted molar refractivity (Wildman–Crippen MR) is 87.1 cm³/mol. The Labute approximate surface area is 128 Å². The standard InChI is InChI=1S/C19H28N2/c1-18-12-19(13-18,14-18)15-20-17-8-5-9-21(11-17)10-16-6-3-2-4-7-16/h2-4,6-7,17,20H,5,8-15H2,1H3. The molecular weight excluding hydrogens is 256 g/mol. The molecule has 2 nitrogen and oxygen atoms in total. The van der Waals surface area contributed by atoms with E-state index in [9.17, 15) is 0 Å². The molecule has 1 aliphatic heterocycles. The van der Waals surface area contributed by atoms with E-state index in [1.807, 2.05) is 0 Å². The lowest BCUT2D eigenvalue weighted by atomic mass is 9.36. The van der Waals surface area contributed by atoms with Gasteiger partial charge in [0.25, 0.3) is 0 Å². The van der Waals surface area contributed by atoms with E-state index in [1.54, 1.807) is 0 Å². The van der Waals surface area contributed by atoms with E-state index in [0.717, 1.165) is 12.0 Å². The second kappa shape index (κ2) is 5.10. The Morgan fingerprint density at radius 1 is 1.19 bits per heavy atom. The highest BCUT2D eigenvalue weighted by atomic mass is 15.2. The molecule has 3 aliphatic carbocycles. The molecule has 1 aromatic rings.